The third-order valence-electron chi connectivity index (χ3n) is 11.6. The molecule has 2 aliphatic carbocycles. The van der Waals surface area contributed by atoms with E-state index < -0.39 is 8.07 Å². The van der Waals surface area contributed by atoms with Crippen LogP contribution < -0.4 is 21.3 Å². The first-order valence-electron chi connectivity index (χ1n) is 21.2. The lowest BCUT2D eigenvalue weighted by atomic mass is 9.86. The Labute approximate surface area is 354 Å². The molecule has 6 aromatic rings. The van der Waals surface area contributed by atoms with Crippen LogP contribution in [0.1, 0.15) is 50.7 Å². The highest BCUT2D eigenvalue weighted by molar-refractivity contribution is 6.76. The number of hydrogen-bond donors (Lipinski definition) is 5. The van der Waals surface area contributed by atoms with Crippen LogP contribution in [0.2, 0.25) is 25.7 Å². The summed E-state index contributed by atoms with van der Waals surface area (Å²) in [7, 11) is -1.15. The zero-order valence-corrected chi connectivity index (χ0v) is 37.0. The fourth-order valence-electron chi connectivity index (χ4n) is 7.82. The third kappa shape index (κ3) is 9.69. The molecule has 2 aromatic carbocycles. The van der Waals surface area contributed by atoms with E-state index in [9.17, 15) is 0 Å². The van der Waals surface area contributed by atoms with Crippen molar-refractivity contribution in [3.8, 4) is 22.5 Å². The molecule has 2 aliphatic rings. The summed E-state index contributed by atoms with van der Waals surface area (Å²) < 4.78 is 8.16. The van der Waals surface area contributed by atoms with Crippen molar-refractivity contribution >= 4 is 53.2 Å². The Morgan fingerprint density at radius 2 is 1.32 bits per heavy atom. The molecular weight excluding hydrogens is 765 g/mol. The first-order valence-corrected chi connectivity index (χ1v) is 24.9. The van der Waals surface area contributed by atoms with Gasteiger partial charge in [-0.05, 0) is 81.9 Å². The van der Waals surface area contributed by atoms with Gasteiger partial charge in [-0.15, -0.1) is 0 Å². The van der Waals surface area contributed by atoms with Crippen LogP contribution in [-0.2, 0) is 11.5 Å². The Bertz CT molecular complexity index is 2530. The number of aromatic amines is 1. The van der Waals surface area contributed by atoms with Gasteiger partial charge in [0.15, 0.2) is 11.4 Å². The Morgan fingerprint density at radius 1 is 0.767 bits per heavy atom. The van der Waals surface area contributed by atoms with Crippen molar-refractivity contribution in [1.29, 1.82) is 0 Å². The van der Waals surface area contributed by atoms with E-state index >= 15 is 0 Å². The second-order valence-corrected chi connectivity index (χ2v) is 22.8. The van der Waals surface area contributed by atoms with Gasteiger partial charge in [-0.2, -0.15) is 0 Å². The van der Waals surface area contributed by atoms with Crippen LogP contribution in [0.3, 0.4) is 0 Å². The summed E-state index contributed by atoms with van der Waals surface area (Å²) >= 11 is 0. The Morgan fingerprint density at radius 3 is 1.85 bits per heavy atom. The molecule has 0 unspecified atom stereocenters. The number of likely N-dealkylation sites (N-methyl/N-ethyl adjacent to an activating group) is 2. The number of ether oxygens (including phenoxy) is 1. The highest BCUT2D eigenvalue weighted by atomic mass is 28.3. The maximum absolute atomic E-state index is 7.45. The van der Waals surface area contributed by atoms with Gasteiger partial charge in [-0.1, -0.05) is 57.8 Å². The van der Waals surface area contributed by atoms with Crippen LogP contribution >= 0.6 is 0 Å². The van der Waals surface area contributed by atoms with Gasteiger partial charge in [0, 0.05) is 96.6 Å². The lowest BCUT2D eigenvalue weighted by Gasteiger charge is -2.37. The number of aromatic nitrogens is 6. The van der Waals surface area contributed by atoms with Gasteiger partial charge in [-0.25, -0.2) is 29.6 Å². The van der Waals surface area contributed by atoms with E-state index in [1.807, 2.05) is 68.8 Å². The van der Waals surface area contributed by atoms with Gasteiger partial charge in [-0.3, -0.25) is 0 Å². The Hall–Kier alpha value is -5.64. The predicted molar refractivity (Wildman–Crippen MR) is 247 cm³/mol. The van der Waals surface area contributed by atoms with Gasteiger partial charge in [0.05, 0.1) is 24.5 Å². The number of rotatable bonds is 15. The minimum absolute atomic E-state index is 0.359. The van der Waals surface area contributed by atoms with Crippen LogP contribution in [0, 0.1) is 27.0 Å². The number of H-pyrrole nitrogens is 1. The van der Waals surface area contributed by atoms with Gasteiger partial charge in [0.25, 0.3) is 0 Å². The fourth-order valence-corrected chi connectivity index (χ4v) is 8.58. The molecule has 4 heterocycles. The molecule has 0 saturated heterocycles. The molecule has 60 heavy (non-hydrogen) atoms. The normalized spacial score (nSPS) is 18.5. The van der Waals surface area contributed by atoms with E-state index in [1.165, 1.54) is 12.8 Å². The van der Waals surface area contributed by atoms with E-state index in [0.717, 1.165) is 94.0 Å². The summed E-state index contributed by atoms with van der Waals surface area (Å²) in [4.78, 5) is 29.2. The summed E-state index contributed by atoms with van der Waals surface area (Å²) in [5.74, 6) is 1.34. The highest BCUT2D eigenvalue weighted by Crippen LogP contribution is 2.35. The second-order valence-electron chi connectivity index (χ2n) is 17.2. The molecule has 5 N–H and O–H groups in total. The smallest absolute Gasteiger partial charge is 0.223 e. The number of nitrogens with zero attached hydrogens (tertiary/aromatic N) is 7. The maximum atomic E-state index is 7.45. The summed E-state index contributed by atoms with van der Waals surface area (Å²) in [5, 5.41) is 16.2. The van der Waals surface area contributed by atoms with E-state index in [2.05, 4.69) is 90.2 Å². The molecule has 0 aliphatic heterocycles. The SMILES string of the molecule is [C-]#[N+]c1ccc2c(-c3nc(N[C@H]4CC[C@@H]4NCC)ncc3C)c[nH]c2c1.[C-]#[N+]c1ccc2c(-c3nc(N[C@H]4CC[C@@H]4NCC)ncc3C)cn(COCC[Si](C)(C)C)c2c1. The number of nitrogens with one attached hydrogen (secondary N) is 5. The zero-order chi connectivity index (χ0) is 42.4. The number of fused-ring (bicyclic) bond motifs is 2. The van der Waals surface area contributed by atoms with Crippen molar-refractivity contribution in [2.75, 3.05) is 30.3 Å². The van der Waals surface area contributed by atoms with Gasteiger partial charge in [0.2, 0.25) is 11.9 Å². The van der Waals surface area contributed by atoms with Crippen molar-refractivity contribution in [1.82, 2.24) is 40.1 Å². The molecule has 0 spiro atoms. The first kappa shape index (κ1) is 42.5. The average molecular weight is 823 g/mol. The van der Waals surface area contributed by atoms with Crippen LogP contribution in [0.4, 0.5) is 23.3 Å². The molecule has 0 bridgehead atoms. The van der Waals surface area contributed by atoms with Crippen LogP contribution in [0.25, 0.3) is 54.0 Å². The van der Waals surface area contributed by atoms with E-state index in [1.54, 1.807) is 0 Å². The Balaban J connectivity index is 0.000000188. The lowest BCUT2D eigenvalue weighted by molar-refractivity contribution is 0.0903. The molecule has 4 atom stereocenters. The molecule has 2 saturated carbocycles. The predicted octanol–water partition coefficient (Wildman–Crippen LogP) is 9.86. The topological polar surface area (TPSA) is 138 Å². The minimum Gasteiger partial charge on any atom is -0.362 e. The molecule has 14 heteroatoms. The van der Waals surface area contributed by atoms with Crippen LogP contribution in [0.15, 0.2) is 61.2 Å². The van der Waals surface area contributed by atoms with Crippen molar-refractivity contribution in [3.05, 3.63) is 95.1 Å². The molecular formula is C46H58N12OSi. The first-order chi connectivity index (χ1) is 29.0. The highest BCUT2D eigenvalue weighted by Gasteiger charge is 2.31. The van der Waals surface area contributed by atoms with Crippen molar-refractivity contribution in [2.24, 2.45) is 0 Å². The van der Waals surface area contributed by atoms with Gasteiger partial charge < -0.3 is 35.6 Å². The molecule has 4 aromatic heterocycles. The molecule has 312 valence electrons. The van der Waals surface area contributed by atoms with Crippen LogP contribution in [0.5, 0.6) is 0 Å². The van der Waals surface area contributed by atoms with Crippen molar-refractivity contribution < 1.29 is 4.74 Å². The monoisotopic (exact) mass is 822 g/mol. The maximum Gasteiger partial charge on any atom is 0.223 e. The summed E-state index contributed by atoms with van der Waals surface area (Å²) in [6.45, 7) is 33.2. The number of aryl methyl sites for hydroxylation is 2. The summed E-state index contributed by atoms with van der Waals surface area (Å²) in [6, 6.07) is 14.4. The minimum atomic E-state index is -1.15. The number of benzene rings is 2. The van der Waals surface area contributed by atoms with Gasteiger partial charge >= 0.3 is 0 Å². The fraction of sp³-hybridized carbons (Fsp3) is 0.435. The number of anilines is 2. The lowest BCUT2D eigenvalue weighted by Crippen LogP contribution is -2.52. The average Bonchev–Trinajstić information content (AvgIpc) is 3.82. The number of hydrogen-bond acceptors (Lipinski definition) is 9. The summed E-state index contributed by atoms with van der Waals surface area (Å²) in [6.07, 6.45) is 12.5. The largest absolute Gasteiger partial charge is 0.362 e. The zero-order valence-electron chi connectivity index (χ0n) is 36.0. The standard InChI is InChI=1S/C26H36N6OSi.C20H22N6/c1-7-28-22-10-11-23(22)30-26-29-15-18(2)25(31-26)21-16-32(17-33-12-13-34(4,5)6)24-14-19(27-3)8-9-20(21)24;1-4-22-16-7-8-17(16)25-20-24-10-12(2)19(26-20)15-11-23-18-9-13(21-3)5-6-14(15)18/h8-9,14-16,22-23,28H,7,10-13,17H2,1-2,4-6H3,(H,29,30,31);5-6,9-11,16-17,22-23H,4,7-8H2,1-2H3,(H,24,25,26)/t22-,23-;16-,17-/m00/s1. The molecule has 0 amide bonds. The van der Waals surface area contributed by atoms with E-state index in [4.69, 9.17) is 27.8 Å². The second kappa shape index (κ2) is 18.7. The van der Waals surface area contributed by atoms with Gasteiger partial charge in [0.1, 0.15) is 6.73 Å². The Kier molecular flexibility index (Phi) is 13.3. The molecule has 13 nitrogen and oxygen atoms in total. The van der Waals surface area contributed by atoms with E-state index in [-0.39, 0.29) is 0 Å². The molecule has 8 rings (SSSR count). The van der Waals surface area contributed by atoms with Crippen LogP contribution in [-0.4, -0.2) is 81.4 Å². The summed E-state index contributed by atoms with van der Waals surface area (Å²) in [5.41, 5.74) is 9.17. The van der Waals surface area contributed by atoms with E-state index in [0.29, 0.717) is 54.2 Å². The van der Waals surface area contributed by atoms with Crippen molar-refractivity contribution in [3.63, 3.8) is 0 Å². The third-order valence-corrected chi connectivity index (χ3v) is 13.3. The molecule has 0 radical (unpaired) electrons. The quantitative estimate of drug-likeness (QED) is 0.0389. The molecule has 2 fully saturated rings. The van der Waals surface area contributed by atoms with Crippen molar-refractivity contribution in [2.45, 2.75) is 110 Å².